The number of likely N-dealkylation sites (N-methyl/N-ethyl adjacent to an activating group) is 1. The van der Waals surface area contributed by atoms with E-state index in [-0.39, 0.29) is 30.0 Å². The average molecular weight is 457 g/mol. The number of aryl methyl sites for hydroxylation is 1. The number of hydrogen-bond donors (Lipinski definition) is 2. The van der Waals surface area contributed by atoms with Crippen LogP contribution in [0.5, 0.6) is 11.5 Å². The van der Waals surface area contributed by atoms with Crippen LogP contribution in [0.25, 0.3) is 0 Å². The van der Waals surface area contributed by atoms with Crippen LogP contribution >= 0.6 is 0 Å². The molecule has 0 amide bonds. The zero-order chi connectivity index (χ0) is 22.6. The monoisotopic (exact) mass is 456 g/mol. The number of ether oxygens (including phenoxy) is 2. The number of nitrogens with one attached hydrogen (secondary N) is 2. The molecule has 0 spiro atoms. The average Bonchev–Trinajstić information content (AvgIpc) is 3.25. The molecule has 32 heavy (non-hydrogen) atoms. The molecule has 0 aliphatic carbocycles. The summed E-state index contributed by atoms with van der Waals surface area (Å²) in [6.45, 7) is 0.965. The Morgan fingerprint density at radius 1 is 1.22 bits per heavy atom. The molecule has 4 rings (SSSR count). The van der Waals surface area contributed by atoms with Gasteiger partial charge in [-0.1, -0.05) is 30.3 Å². The second kappa shape index (κ2) is 9.72. The number of hydrogen-bond acceptors (Lipinski definition) is 6. The number of rotatable bonds is 9. The van der Waals surface area contributed by atoms with E-state index in [0.29, 0.717) is 12.4 Å². The minimum absolute atomic E-state index is 0.132. The number of sulfonamides is 1. The van der Waals surface area contributed by atoms with Crippen LogP contribution in [-0.2, 0) is 23.5 Å². The summed E-state index contributed by atoms with van der Waals surface area (Å²) in [6.07, 6.45) is 3.66. The van der Waals surface area contributed by atoms with Crippen molar-refractivity contribution in [1.29, 1.82) is 0 Å². The molecule has 1 aromatic heterocycles. The Labute approximate surface area is 188 Å². The van der Waals surface area contributed by atoms with Crippen molar-refractivity contribution in [3.05, 3.63) is 72.1 Å². The van der Waals surface area contributed by atoms with Crippen molar-refractivity contribution in [2.24, 2.45) is 7.05 Å². The third-order valence-electron chi connectivity index (χ3n) is 5.61. The maximum atomic E-state index is 12.3. The first-order chi connectivity index (χ1) is 15.5. The van der Waals surface area contributed by atoms with Crippen molar-refractivity contribution >= 4 is 10.0 Å². The van der Waals surface area contributed by atoms with Gasteiger partial charge in [0.25, 0.3) is 0 Å². The smallest absolute Gasteiger partial charge is 0.243 e. The van der Waals surface area contributed by atoms with Crippen molar-refractivity contribution in [3.8, 4) is 11.5 Å². The second-order valence-corrected chi connectivity index (χ2v) is 9.56. The normalized spacial score (nSPS) is 18.1. The minimum Gasteiger partial charge on any atom is -0.492 e. The Morgan fingerprint density at radius 2 is 2.03 bits per heavy atom. The van der Waals surface area contributed by atoms with Gasteiger partial charge in [-0.25, -0.2) is 13.1 Å². The Morgan fingerprint density at radius 3 is 2.75 bits per heavy atom. The molecule has 0 bridgehead atoms. The summed E-state index contributed by atoms with van der Waals surface area (Å²) in [7, 11) is 0.0185. The van der Waals surface area contributed by atoms with Crippen LogP contribution in [-0.4, -0.2) is 51.0 Å². The fraction of sp³-hybridized carbons (Fsp3) is 0.348. The summed E-state index contributed by atoms with van der Waals surface area (Å²) in [5.41, 5.74) is 2.36. The molecule has 1 aliphatic heterocycles. The van der Waals surface area contributed by atoms with Crippen LogP contribution < -0.4 is 19.5 Å². The fourth-order valence-corrected chi connectivity index (χ4v) is 4.92. The van der Waals surface area contributed by atoms with E-state index in [4.69, 9.17) is 9.47 Å². The molecule has 0 radical (unpaired) electrons. The van der Waals surface area contributed by atoms with Gasteiger partial charge in [-0.3, -0.25) is 4.68 Å². The van der Waals surface area contributed by atoms with E-state index in [2.05, 4.69) is 39.4 Å². The van der Waals surface area contributed by atoms with E-state index < -0.39 is 10.0 Å². The Balaban J connectivity index is 1.42. The standard InChI is InChI=1S/C23H28N4O4S/c1-24-22-16-31-23-9-8-18(13-21(23)20(22)12-17-6-4-3-5-7-17)30-11-10-26-32(28,29)19-14-25-27(2)15-19/h3-9,13-15,20,22,24,26H,10-12,16H2,1-2H3/t20-,22+/m1/s1. The molecular formula is C23H28N4O4S. The zero-order valence-corrected chi connectivity index (χ0v) is 19.0. The molecule has 2 heterocycles. The van der Waals surface area contributed by atoms with Crippen LogP contribution in [0.1, 0.15) is 17.0 Å². The highest BCUT2D eigenvalue weighted by Crippen LogP contribution is 2.38. The Hall–Kier alpha value is -2.88. The molecule has 9 heteroatoms. The Bertz CT molecular complexity index is 1150. The van der Waals surface area contributed by atoms with Gasteiger partial charge in [-0.05, 0) is 37.2 Å². The summed E-state index contributed by atoms with van der Waals surface area (Å²) in [6, 6.07) is 16.4. The molecule has 0 saturated carbocycles. The minimum atomic E-state index is -3.60. The molecule has 1 aliphatic rings. The first-order valence-electron chi connectivity index (χ1n) is 10.6. The number of benzene rings is 2. The maximum absolute atomic E-state index is 12.3. The van der Waals surface area contributed by atoms with Crippen molar-refractivity contribution in [3.63, 3.8) is 0 Å². The van der Waals surface area contributed by atoms with Crippen molar-refractivity contribution < 1.29 is 17.9 Å². The van der Waals surface area contributed by atoms with E-state index in [1.807, 2.05) is 31.3 Å². The van der Waals surface area contributed by atoms with Crippen LogP contribution in [0.15, 0.2) is 65.8 Å². The lowest BCUT2D eigenvalue weighted by atomic mass is 9.84. The Kier molecular flexibility index (Phi) is 6.78. The van der Waals surface area contributed by atoms with E-state index in [0.717, 1.165) is 17.7 Å². The summed E-state index contributed by atoms with van der Waals surface area (Å²) in [4.78, 5) is 0.132. The molecule has 2 aromatic carbocycles. The van der Waals surface area contributed by atoms with Gasteiger partial charge in [0.2, 0.25) is 10.0 Å². The van der Waals surface area contributed by atoms with Crippen LogP contribution in [0.4, 0.5) is 0 Å². The molecule has 3 aromatic rings. The highest BCUT2D eigenvalue weighted by molar-refractivity contribution is 7.89. The summed E-state index contributed by atoms with van der Waals surface area (Å²) >= 11 is 0. The van der Waals surface area contributed by atoms with E-state index in [1.165, 1.54) is 22.6 Å². The highest BCUT2D eigenvalue weighted by atomic mass is 32.2. The molecule has 0 fully saturated rings. The summed E-state index contributed by atoms with van der Waals surface area (Å²) in [5.74, 6) is 1.78. The van der Waals surface area contributed by atoms with Gasteiger partial charge in [0.1, 0.15) is 29.6 Å². The van der Waals surface area contributed by atoms with Gasteiger partial charge in [0.15, 0.2) is 0 Å². The van der Waals surface area contributed by atoms with Gasteiger partial charge >= 0.3 is 0 Å². The van der Waals surface area contributed by atoms with Gasteiger partial charge in [0.05, 0.1) is 6.20 Å². The van der Waals surface area contributed by atoms with E-state index in [9.17, 15) is 8.42 Å². The predicted molar refractivity (Wildman–Crippen MR) is 122 cm³/mol. The van der Waals surface area contributed by atoms with E-state index >= 15 is 0 Å². The molecule has 170 valence electrons. The molecule has 0 saturated heterocycles. The van der Waals surface area contributed by atoms with Crippen molar-refractivity contribution in [2.45, 2.75) is 23.3 Å². The van der Waals surface area contributed by atoms with Crippen molar-refractivity contribution in [1.82, 2.24) is 19.8 Å². The molecular weight excluding hydrogens is 428 g/mol. The highest BCUT2D eigenvalue weighted by Gasteiger charge is 2.30. The molecule has 2 N–H and O–H groups in total. The van der Waals surface area contributed by atoms with Crippen molar-refractivity contribution in [2.75, 3.05) is 26.8 Å². The first-order valence-corrected chi connectivity index (χ1v) is 12.0. The maximum Gasteiger partial charge on any atom is 0.243 e. The van der Waals surface area contributed by atoms with Gasteiger partial charge in [-0.15, -0.1) is 0 Å². The number of nitrogens with zero attached hydrogens (tertiary/aromatic N) is 2. The molecule has 8 nitrogen and oxygen atoms in total. The lowest BCUT2D eigenvalue weighted by molar-refractivity contribution is 0.217. The van der Waals surface area contributed by atoms with Gasteiger partial charge in [0, 0.05) is 37.3 Å². The van der Waals surface area contributed by atoms with Crippen LogP contribution in [0.2, 0.25) is 0 Å². The number of aromatic nitrogens is 2. The quantitative estimate of drug-likeness (QED) is 0.479. The number of fused-ring (bicyclic) bond motifs is 1. The van der Waals surface area contributed by atoms with Gasteiger partial charge in [-0.2, -0.15) is 5.10 Å². The largest absolute Gasteiger partial charge is 0.492 e. The predicted octanol–water partition coefficient (Wildman–Crippen LogP) is 2.08. The lowest BCUT2D eigenvalue weighted by Crippen LogP contribution is -2.41. The molecule has 2 atom stereocenters. The second-order valence-electron chi connectivity index (χ2n) is 7.80. The third-order valence-corrected chi connectivity index (χ3v) is 7.02. The van der Waals surface area contributed by atoms with Crippen LogP contribution in [0, 0.1) is 0 Å². The fourth-order valence-electron chi connectivity index (χ4n) is 3.92. The summed E-state index contributed by atoms with van der Waals surface area (Å²) < 4.78 is 40.4. The lowest BCUT2D eigenvalue weighted by Gasteiger charge is -2.34. The molecule has 0 unspecified atom stereocenters. The SMILES string of the molecule is CN[C@H]1COc2ccc(OCCNS(=O)(=O)c3cnn(C)c3)cc2[C@H]1Cc1ccccc1. The third kappa shape index (κ3) is 5.12. The van der Waals surface area contributed by atoms with E-state index in [1.54, 1.807) is 7.05 Å². The van der Waals surface area contributed by atoms with Crippen LogP contribution in [0.3, 0.4) is 0 Å². The zero-order valence-electron chi connectivity index (χ0n) is 18.2. The topological polar surface area (TPSA) is 94.5 Å². The summed E-state index contributed by atoms with van der Waals surface area (Å²) in [5, 5.41) is 7.27. The van der Waals surface area contributed by atoms with Gasteiger partial charge < -0.3 is 14.8 Å². The first kappa shape index (κ1) is 22.3.